The van der Waals surface area contributed by atoms with Gasteiger partial charge in [0.1, 0.15) is 11.2 Å². The number of thiophene rings is 1. The van der Waals surface area contributed by atoms with Crippen LogP contribution in [0.4, 0.5) is 0 Å². The van der Waals surface area contributed by atoms with Crippen LogP contribution in [0.1, 0.15) is 23.3 Å². The predicted molar refractivity (Wildman–Crippen MR) is 103 cm³/mol. The van der Waals surface area contributed by atoms with Crippen LogP contribution >= 0.6 is 22.9 Å². The topological polar surface area (TPSA) is 87.1 Å². The second-order valence-corrected chi connectivity index (χ2v) is 7.89. The van der Waals surface area contributed by atoms with Gasteiger partial charge in [0.05, 0.1) is 11.2 Å². The number of aryl methyl sites for hydroxylation is 2. The van der Waals surface area contributed by atoms with Gasteiger partial charge in [-0.1, -0.05) is 17.7 Å². The Bertz CT molecular complexity index is 1160. The van der Waals surface area contributed by atoms with Crippen LogP contribution in [0.5, 0.6) is 0 Å². The first kappa shape index (κ1) is 17.1. The zero-order chi connectivity index (χ0) is 18.4. The summed E-state index contributed by atoms with van der Waals surface area (Å²) in [6.07, 6.45) is 3.74. The summed E-state index contributed by atoms with van der Waals surface area (Å²) in [5, 5.41) is 0.417. The Morgan fingerprint density at radius 2 is 2.00 bits per heavy atom. The maximum atomic E-state index is 13.1. The molecule has 0 fully saturated rings. The number of carbonyl (C=O) groups excluding carboxylic acids is 1. The highest BCUT2D eigenvalue weighted by Gasteiger charge is 2.24. The molecule has 1 aliphatic carbocycles. The molecule has 1 aromatic carbocycles. The van der Waals surface area contributed by atoms with Crippen LogP contribution in [0.25, 0.3) is 15.9 Å². The fourth-order valence-electron chi connectivity index (χ4n) is 3.53. The molecule has 0 spiro atoms. The number of hydrogen-bond donors (Lipinski definition) is 1. The minimum atomic E-state index is -0.625. The molecule has 3 aromatic rings. The van der Waals surface area contributed by atoms with E-state index in [1.54, 1.807) is 24.3 Å². The van der Waals surface area contributed by atoms with Crippen molar-refractivity contribution in [1.82, 2.24) is 9.13 Å². The van der Waals surface area contributed by atoms with E-state index < -0.39 is 11.6 Å². The van der Waals surface area contributed by atoms with Crippen molar-refractivity contribution in [2.45, 2.75) is 32.2 Å². The van der Waals surface area contributed by atoms with E-state index in [2.05, 4.69) is 0 Å². The van der Waals surface area contributed by atoms with Crippen molar-refractivity contribution in [3.63, 3.8) is 0 Å². The molecule has 6 nitrogen and oxygen atoms in total. The first-order valence-corrected chi connectivity index (χ1v) is 9.51. The number of amides is 1. The molecular weight excluding hydrogens is 374 g/mol. The third-order valence-corrected chi connectivity index (χ3v) is 6.12. The summed E-state index contributed by atoms with van der Waals surface area (Å²) in [6, 6.07) is 6.53. The molecule has 134 valence electrons. The van der Waals surface area contributed by atoms with Crippen LogP contribution in [0.3, 0.4) is 0 Å². The van der Waals surface area contributed by atoms with Crippen LogP contribution in [0.15, 0.2) is 33.9 Å². The second kappa shape index (κ2) is 6.41. The molecule has 1 aliphatic rings. The summed E-state index contributed by atoms with van der Waals surface area (Å²) < 4.78 is 2.89. The number of fused-ring (bicyclic) bond motifs is 3. The van der Waals surface area contributed by atoms with Crippen LogP contribution in [-0.4, -0.2) is 15.0 Å². The van der Waals surface area contributed by atoms with Crippen molar-refractivity contribution in [3.8, 4) is 5.69 Å². The minimum Gasteiger partial charge on any atom is -0.368 e. The summed E-state index contributed by atoms with van der Waals surface area (Å²) in [7, 11) is 0. The van der Waals surface area contributed by atoms with Crippen molar-refractivity contribution in [2.75, 3.05) is 0 Å². The largest absolute Gasteiger partial charge is 0.368 e. The maximum Gasteiger partial charge on any atom is 0.336 e. The fourth-order valence-corrected chi connectivity index (χ4v) is 5.04. The van der Waals surface area contributed by atoms with Crippen molar-refractivity contribution in [3.05, 3.63) is 60.6 Å². The molecule has 1 amide bonds. The van der Waals surface area contributed by atoms with Gasteiger partial charge in [-0.15, -0.1) is 11.3 Å². The third kappa shape index (κ3) is 2.68. The molecule has 0 aliphatic heterocycles. The SMILES string of the molecule is NC(=O)Cn1c(=O)n(-c2cccc(Cl)c2)c(=O)c2sc3c(c21)CCCC3. The second-order valence-electron chi connectivity index (χ2n) is 6.34. The number of nitrogens with two attached hydrogens (primary N) is 1. The average molecular weight is 390 g/mol. The Morgan fingerprint density at radius 3 is 2.73 bits per heavy atom. The molecule has 2 heterocycles. The monoisotopic (exact) mass is 389 g/mol. The molecular formula is C18H16ClN3O3S. The van der Waals surface area contributed by atoms with Crippen LogP contribution < -0.4 is 17.0 Å². The van der Waals surface area contributed by atoms with Crippen molar-refractivity contribution >= 4 is 39.1 Å². The highest BCUT2D eigenvalue weighted by molar-refractivity contribution is 7.19. The van der Waals surface area contributed by atoms with E-state index in [-0.39, 0.29) is 12.1 Å². The molecule has 8 heteroatoms. The molecule has 0 unspecified atom stereocenters. The van der Waals surface area contributed by atoms with E-state index in [1.165, 1.54) is 15.9 Å². The van der Waals surface area contributed by atoms with Crippen LogP contribution in [0, 0.1) is 0 Å². The Kier molecular flexibility index (Phi) is 4.20. The molecule has 0 saturated carbocycles. The van der Waals surface area contributed by atoms with Crippen molar-refractivity contribution in [1.29, 1.82) is 0 Å². The van der Waals surface area contributed by atoms with E-state index in [0.29, 0.717) is 20.9 Å². The standard InChI is InChI=1S/C18H16ClN3O3S/c19-10-4-3-5-11(8-10)22-17(24)16-15(21(18(22)25)9-14(20)23)12-6-1-2-7-13(12)26-16/h3-5,8H,1-2,6-7,9H2,(H2,20,23). The highest BCUT2D eigenvalue weighted by Crippen LogP contribution is 2.34. The molecule has 2 aromatic heterocycles. The lowest BCUT2D eigenvalue weighted by atomic mass is 9.98. The van der Waals surface area contributed by atoms with E-state index >= 15 is 0 Å². The Morgan fingerprint density at radius 1 is 1.23 bits per heavy atom. The smallest absolute Gasteiger partial charge is 0.336 e. The van der Waals surface area contributed by atoms with Gasteiger partial charge in [0.25, 0.3) is 5.56 Å². The molecule has 4 rings (SSSR count). The van der Waals surface area contributed by atoms with Gasteiger partial charge in [0, 0.05) is 9.90 Å². The third-order valence-electron chi connectivity index (χ3n) is 4.61. The molecule has 0 saturated heterocycles. The van der Waals surface area contributed by atoms with Crippen molar-refractivity contribution < 1.29 is 4.79 Å². The highest BCUT2D eigenvalue weighted by atomic mass is 35.5. The number of carbonyl (C=O) groups is 1. The summed E-state index contributed by atoms with van der Waals surface area (Å²) in [4.78, 5) is 38.9. The van der Waals surface area contributed by atoms with Crippen LogP contribution in [0.2, 0.25) is 5.02 Å². The number of halogens is 1. The van der Waals surface area contributed by atoms with Gasteiger partial charge in [-0.25, -0.2) is 9.36 Å². The van der Waals surface area contributed by atoms with Gasteiger partial charge in [-0.3, -0.25) is 14.2 Å². The maximum absolute atomic E-state index is 13.1. The number of hydrogen-bond acceptors (Lipinski definition) is 4. The molecule has 2 N–H and O–H groups in total. The van der Waals surface area contributed by atoms with Gasteiger partial charge in [0.15, 0.2) is 0 Å². The first-order valence-electron chi connectivity index (χ1n) is 8.31. The zero-order valence-corrected chi connectivity index (χ0v) is 15.4. The summed E-state index contributed by atoms with van der Waals surface area (Å²) in [6.45, 7) is -0.265. The summed E-state index contributed by atoms with van der Waals surface area (Å²) >= 11 is 7.44. The molecule has 26 heavy (non-hydrogen) atoms. The number of nitrogens with zero attached hydrogens (tertiary/aromatic N) is 2. The Labute approximate surface area is 157 Å². The zero-order valence-electron chi connectivity index (χ0n) is 13.8. The normalized spacial score (nSPS) is 13.7. The Balaban J connectivity index is 2.13. The van der Waals surface area contributed by atoms with Gasteiger partial charge in [-0.05, 0) is 49.4 Å². The van der Waals surface area contributed by atoms with E-state index in [9.17, 15) is 14.4 Å². The predicted octanol–water partition coefficient (Wildman–Crippen LogP) is 2.23. The molecule has 0 atom stereocenters. The quantitative estimate of drug-likeness (QED) is 0.745. The lowest BCUT2D eigenvalue weighted by molar-refractivity contribution is -0.118. The van der Waals surface area contributed by atoms with Crippen molar-refractivity contribution in [2.24, 2.45) is 5.73 Å². The minimum absolute atomic E-state index is 0.265. The number of primary amides is 1. The molecule has 0 bridgehead atoms. The first-order chi connectivity index (χ1) is 12.5. The van der Waals surface area contributed by atoms with E-state index in [0.717, 1.165) is 40.7 Å². The number of rotatable bonds is 3. The van der Waals surface area contributed by atoms with Gasteiger partial charge in [0.2, 0.25) is 5.91 Å². The van der Waals surface area contributed by atoms with Gasteiger partial charge >= 0.3 is 5.69 Å². The van der Waals surface area contributed by atoms with E-state index in [4.69, 9.17) is 17.3 Å². The summed E-state index contributed by atoms with van der Waals surface area (Å²) in [5.74, 6) is -0.625. The Hall–Kier alpha value is -2.38. The van der Waals surface area contributed by atoms with Gasteiger partial charge in [-0.2, -0.15) is 0 Å². The number of aromatic nitrogens is 2. The lowest BCUT2D eigenvalue weighted by Gasteiger charge is -2.14. The summed E-state index contributed by atoms with van der Waals surface area (Å²) in [5.41, 5.74) is 6.37. The lowest BCUT2D eigenvalue weighted by Crippen LogP contribution is -2.40. The number of benzene rings is 1. The van der Waals surface area contributed by atoms with E-state index in [1.807, 2.05) is 0 Å². The van der Waals surface area contributed by atoms with Crippen LogP contribution in [-0.2, 0) is 24.2 Å². The van der Waals surface area contributed by atoms with Gasteiger partial charge < -0.3 is 5.73 Å². The fraction of sp³-hybridized carbons (Fsp3) is 0.278. The molecule has 0 radical (unpaired) electrons. The average Bonchev–Trinajstić information content (AvgIpc) is 2.98.